The molecule has 0 saturated heterocycles. The molecular weight excluding hydrogens is 414 g/mol. The number of hydrogen-bond donors (Lipinski definition) is 0. The molecule has 0 unspecified atom stereocenters. The van der Waals surface area contributed by atoms with E-state index in [0.717, 1.165) is 17.0 Å². The highest BCUT2D eigenvalue weighted by Crippen LogP contribution is 2.37. The van der Waals surface area contributed by atoms with Crippen molar-refractivity contribution in [2.45, 2.75) is 32.4 Å². The Hall–Kier alpha value is -3.15. The van der Waals surface area contributed by atoms with Crippen molar-refractivity contribution in [3.63, 3.8) is 0 Å². The molecule has 5 heteroatoms. The molecule has 0 saturated carbocycles. The van der Waals surface area contributed by atoms with Gasteiger partial charge in [0.25, 0.3) is 8.32 Å². The van der Waals surface area contributed by atoms with Gasteiger partial charge in [-0.3, -0.25) is 0 Å². The zero-order chi connectivity index (χ0) is 22.6. The quantitative estimate of drug-likeness (QED) is 0.358. The van der Waals surface area contributed by atoms with Crippen LogP contribution in [0.3, 0.4) is 0 Å². The molecule has 1 heterocycles. The smallest absolute Gasteiger partial charge is 0.261 e. The topological polar surface area (TPSA) is 44.5 Å². The molecule has 0 bridgehead atoms. The molecule has 0 atom stereocenters. The Morgan fingerprint density at radius 2 is 1.38 bits per heavy atom. The Balaban J connectivity index is 1.71. The van der Waals surface area contributed by atoms with Gasteiger partial charge in [-0.15, -0.1) is 0 Å². The molecule has 4 aromatic rings. The second kappa shape index (κ2) is 9.15. The molecule has 0 aliphatic carbocycles. The van der Waals surface area contributed by atoms with Gasteiger partial charge in [-0.1, -0.05) is 98.7 Å². The number of benzene rings is 3. The van der Waals surface area contributed by atoms with Crippen molar-refractivity contribution in [3.8, 4) is 17.0 Å². The molecule has 0 radical (unpaired) electrons. The van der Waals surface area contributed by atoms with E-state index in [0.29, 0.717) is 12.4 Å². The predicted octanol–water partition coefficient (Wildman–Crippen LogP) is 5.43. The number of ether oxygens (including phenoxy) is 1. The maximum absolute atomic E-state index is 6.93. The summed E-state index contributed by atoms with van der Waals surface area (Å²) < 4.78 is 18.1. The van der Waals surface area contributed by atoms with Crippen LogP contribution in [0, 0.1) is 0 Å². The van der Waals surface area contributed by atoms with Crippen molar-refractivity contribution in [2.24, 2.45) is 0 Å². The zero-order valence-corrected chi connectivity index (χ0v) is 20.0. The molecular formula is C27H29NO3Si. The van der Waals surface area contributed by atoms with Crippen LogP contribution in [0.1, 0.15) is 26.5 Å². The summed E-state index contributed by atoms with van der Waals surface area (Å²) in [6.45, 7) is 7.13. The summed E-state index contributed by atoms with van der Waals surface area (Å²) in [7, 11) is -0.974. The van der Waals surface area contributed by atoms with E-state index in [4.69, 9.17) is 13.7 Å². The monoisotopic (exact) mass is 443 g/mol. The number of hydrogen-bond acceptors (Lipinski definition) is 4. The van der Waals surface area contributed by atoms with E-state index in [-0.39, 0.29) is 5.04 Å². The molecule has 4 nitrogen and oxygen atoms in total. The lowest BCUT2D eigenvalue weighted by Crippen LogP contribution is -2.66. The third-order valence-electron chi connectivity index (χ3n) is 5.79. The highest BCUT2D eigenvalue weighted by Gasteiger charge is 2.50. The second-order valence-electron chi connectivity index (χ2n) is 8.83. The Kier molecular flexibility index (Phi) is 6.30. The molecule has 0 fully saturated rings. The standard InChI is InChI=1S/C27H29NO3Si/c1-27(2,3)32(22-13-7-5-8-14-22,23-15-9-6-10-16-23)30-20-21-19-25(28-31-21)24-17-11-12-18-26(24)29-4/h5-19H,20H2,1-4H3. The highest BCUT2D eigenvalue weighted by atomic mass is 28.4. The average Bonchev–Trinajstić information content (AvgIpc) is 3.29. The molecule has 0 aliphatic heterocycles. The van der Waals surface area contributed by atoms with E-state index in [1.165, 1.54) is 10.4 Å². The molecule has 0 N–H and O–H groups in total. The summed E-state index contributed by atoms with van der Waals surface area (Å²) in [5.41, 5.74) is 1.64. The number of methoxy groups -OCH3 is 1. The first kappa shape index (κ1) is 22.1. The summed E-state index contributed by atoms with van der Waals surface area (Å²) in [6.07, 6.45) is 0. The van der Waals surface area contributed by atoms with Gasteiger partial charge < -0.3 is 13.7 Å². The number of para-hydroxylation sites is 1. The van der Waals surface area contributed by atoms with Gasteiger partial charge in [-0.2, -0.15) is 0 Å². The van der Waals surface area contributed by atoms with Gasteiger partial charge in [0.15, 0.2) is 5.76 Å². The first-order valence-electron chi connectivity index (χ1n) is 10.8. The first-order valence-corrected chi connectivity index (χ1v) is 12.7. The number of aromatic nitrogens is 1. The van der Waals surface area contributed by atoms with E-state index in [2.05, 4.69) is 74.5 Å². The summed E-state index contributed by atoms with van der Waals surface area (Å²) >= 11 is 0. The molecule has 0 amide bonds. The normalized spacial score (nSPS) is 12.0. The molecule has 1 aromatic heterocycles. The van der Waals surface area contributed by atoms with Crippen molar-refractivity contribution < 1.29 is 13.7 Å². The minimum atomic E-state index is -2.63. The van der Waals surface area contributed by atoms with Crippen molar-refractivity contribution in [1.29, 1.82) is 0 Å². The molecule has 0 aliphatic rings. The van der Waals surface area contributed by atoms with Crippen molar-refractivity contribution >= 4 is 18.7 Å². The summed E-state index contributed by atoms with van der Waals surface area (Å²) in [6, 6.07) is 30.9. The van der Waals surface area contributed by atoms with Gasteiger partial charge in [0, 0.05) is 11.6 Å². The largest absolute Gasteiger partial charge is 0.496 e. The lowest BCUT2D eigenvalue weighted by atomic mass is 10.1. The maximum Gasteiger partial charge on any atom is 0.261 e. The SMILES string of the molecule is COc1ccccc1-c1cc(CO[Si](c2ccccc2)(c2ccccc2)C(C)(C)C)on1. The van der Waals surface area contributed by atoms with Crippen LogP contribution in [0.25, 0.3) is 11.3 Å². The zero-order valence-electron chi connectivity index (χ0n) is 19.0. The number of nitrogens with zero attached hydrogens (tertiary/aromatic N) is 1. The van der Waals surface area contributed by atoms with E-state index in [9.17, 15) is 0 Å². The Morgan fingerprint density at radius 1 is 0.812 bits per heavy atom. The van der Waals surface area contributed by atoms with E-state index < -0.39 is 8.32 Å². The Labute approximate surface area is 190 Å². The van der Waals surface area contributed by atoms with Crippen LogP contribution in [0.2, 0.25) is 5.04 Å². The van der Waals surface area contributed by atoms with Gasteiger partial charge in [-0.05, 0) is 27.5 Å². The highest BCUT2D eigenvalue weighted by molar-refractivity contribution is 6.99. The van der Waals surface area contributed by atoms with Crippen molar-refractivity contribution in [2.75, 3.05) is 7.11 Å². The molecule has 3 aromatic carbocycles. The third kappa shape index (κ3) is 4.14. The van der Waals surface area contributed by atoms with Crippen LogP contribution in [0.5, 0.6) is 5.75 Å². The summed E-state index contributed by atoms with van der Waals surface area (Å²) in [4.78, 5) is 0. The Bertz CT molecular complexity index is 1110. The van der Waals surface area contributed by atoms with E-state index in [1.807, 2.05) is 42.5 Å². The second-order valence-corrected chi connectivity index (χ2v) is 13.1. The van der Waals surface area contributed by atoms with Gasteiger partial charge in [0.1, 0.15) is 11.4 Å². The maximum atomic E-state index is 6.93. The summed E-state index contributed by atoms with van der Waals surface area (Å²) in [5, 5.41) is 6.67. The van der Waals surface area contributed by atoms with Crippen LogP contribution < -0.4 is 15.1 Å². The molecule has 32 heavy (non-hydrogen) atoms. The van der Waals surface area contributed by atoms with Crippen LogP contribution in [-0.2, 0) is 11.0 Å². The van der Waals surface area contributed by atoms with E-state index in [1.54, 1.807) is 7.11 Å². The van der Waals surface area contributed by atoms with Crippen molar-refractivity contribution in [3.05, 3.63) is 96.8 Å². The molecule has 164 valence electrons. The average molecular weight is 444 g/mol. The fraction of sp³-hybridized carbons (Fsp3) is 0.222. The van der Waals surface area contributed by atoms with Gasteiger partial charge >= 0.3 is 0 Å². The summed E-state index contributed by atoms with van der Waals surface area (Å²) in [5.74, 6) is 1.46. The predicted molar refractivity (Wildman–Crippen MR) is 131 cm³/mol. The minimum absolute atomic E-state index is 0.0960. The lowest BCUT2D eigenvalue weighted by Gasteiger charge is -2.42. The molecule has 0 spiro atoms. The number of rotatable bonds is 7. The van der Waals surface area contributed by atoms with Crippen LogP contribution >= 0.6 is 0 Å². The molecule has 4 rings (SSSR count). The van der Waals surface area contributed by atoms with Gasteiger partial charge in [-0.25, -0.2) is 0 Å². The van der Waals surface area contributed by atoms with Crippen LogP contribution in [0.15, 0.2) is 95.5 Å². The van der Waals surface area contributed by atoms with Crippen LogP contribution in [-0.4, -0.2) is 20.6 Å². The third-order valence-corrected chi connectivity index (χ3v) is 10.8. The van der Waals surface area contributed by atoms with Crippen LogP contribution in [0.4, 0.5) is 0 Å². The van der Waals surface area contributed by atoms with Gasteiger partial charge in [0.2, 0.25) is 0 Å². The van der Waals surface area contributed by atoms with Gasteiger partial charge in [0.05, 0.1) is 13.7 Å². The lowest BCUT2D eigenvalue weighted by molar-refractivity contribution is 0.236. The minimum Gasteiger partial charge on any atom is -0.496 e. The Morgan fingerprint density at radius 3 is 1.94 bits per heavy atom. The van der Waals surface area contributed by atoms with Crippen molar-refractivity contribution in [1.82, 2.24) is 5.16 Å². The van der Waals surface area contributed by atoms with E-state index >= 15 is 0 Å². The fourth-order valence-electron chi connectivity index (χ4n) is 4.31. The fourth-order valence-corrected chi connectivity index (χ4v) is 8.82. The first-order chi connectivity index (χ1) is 15.5.